The van der Waals surface area contributed by atoms with Crippen LogP contribution in [0.3, 0.4) is 0 Å². The Morgan fingerprint density at radius 3 is 2.60 bits per heavy atom. The first-order valence-corrected chi connectivity index (χ1v) is 3.32. The molecule has 0 bridgehead atoms. The van der Waals surface area contributed by atoms with E-state index in [-0.39, 0.29) is 5.60 Å². The fourth-order valence-corrected chi connectivity index (χ4v) is 0.508. The second-order valence-electron chi connectivity index (χ2n) is 2.77. The van der Waals surface area contributed by atoms with Gasteiger partial charge in [0.15, 0.2) is 0 Å². The van der Waals surface area contributed by atoms with Crippen LogP contribution in [0.2, 0.25) is 0 Å². The molecule has 0 aliphatic carbocycles. The maximum absolute atomic E-state index is 5.15. The first-order chi connectivity index (χ1) is 4.62. The molecule has 0 aromatic carbocycles. The van der Waals surface area contributed by atoms with Crippen molar-refractivity contribution in [3.05, 3.63) is 0 Å². The fraction of sp³-hybridized carbons (Fsp3) is 0.750. The molecule has 0 atom stereocenters. The Kier molecular flexibility index (Phi) is 4.10. The number of ether oxygens (including phenoxy) is 1. The lowest BCUT2D eigenvalue weighted by atomic mass is 10.1. The molecule has 0 aliphatic heterocycles. The molecule has 0 aromatic heterocycles. The molecule has 0 rings (SSSR count). The molecule has 0 radical (unpaired) electrons. The van der Waals surface area contributed by atoms with Crippen LogP contribution in [-0.2, 0) is 4.74 Å². The van der Waals surface area contributed by atoms with Crippen LogP contribution in [0.25, 0.3) is 0 Å². The van der Waals surface area contributed by atoms with E-state index in [1.807, 2.05) is 13.8 Å². The van der Waals surface area contributed by atoms with Crippen LogP contribution in [-0.4, -0.2) is 25.8 Å². The number of nitrogens with one attached hydrogen (secondary N) is 1. The van der Waals surface area contributed by atoms with Gasteiger partial charge >= 0.3 is 0 Å². The van der Waals surface area contributed by atoms with Crippen molar-refractivity contribution in [2.45, 2.75) is 19.4 Å². The molecule has 10 heavy (non-hydrogen) atoms. The zero-order valence-corrected chi connectivity index (χ0v) is 6.90. The van der Waals surface area contributed by atoms with Crippen molar-refractivity contribution in [2.24, 2.45) is 0 Å². The first kappa shape index (κ1) is 9.48. The van der Waals surface area contributed by atoms with Crippen LogP contribution >= 0.6 is 0 Å². The lowest BCUT2D eigenvalue weighted by molar-refractivity contribution is 0.0242. The Morgan fingerprint density at radius 1 is 1.60 bits per heavy atom. The second-order valence-corrected chi connectivity index (χ2v) is 2.77. The van der Waals surface area contributed by atoms with E-state index >= 15 is 0 Å². The molecular weight excluding hydrogens is 126 g/mol. The molecule has 0 heterocycles. The van der Waals surface area contributed by atoms with Gasteiger partial charge in [0.2, 0.25) is 0 Å². The second kappa shape index (κ2) is 4.32. The number of terminal acetylenes is 1. The Labute approximate surface area is 63.0 Å². The number of rotatable bonds is 4. The van der Waals surface area contributed by atoms with Crippen molar-refractivity contribution >= 4 is 0 Å². The average Bonchev–Trinajstić information content (AvgIpc) is 1.89. The highest BCUT2D eigenvalue weighted by molar-refractivity contribution is 4.87. The van der Waals surface area contributed by atoms with Gasteiger partial charge in [-0.2, -0.15) is 0 Å². The molecule has 0 saturated heterocycles. The van der Waals surface area contributed by atoms with Gasteiger partial charge in [-0.15, -0.1) is 6.42 Å². The van der Waals surface area contributed by atoms with Crippen LogP contribution in [0.5, 0.6) is 0 Å². The van der Waals surface area contributed by atoms with Crippen LogP contribution in [0, 0.1) is 12.3 Å². The summed E-state index contributed by atoms with van der Waals surface area (Å²) in [4.78, 5) is 0. The Balaban J connectivity index is 3.39. The van der Waals surface area contributed by atoms with Gasteiger partial charge in [0.25, 0.3) is 0 Å². The fourth-order valence-electron chi connectivity index (χ4n) is 0.508. The number of hydrogen-bond acceptors (Lipinski definition) is 2. The highest BCUT2D eigenvalue weighted by atomic mass is 16.5. The summed E-state index contributed by atoms with van der Waals surface area (Å²) in [5.74, 6) is 2.50. The van der Waals surface area contributed by atoms with Gasteiger partial charge in [-0.25, -0.2) is 0 Å². The van der Waals surface area contributed by atoms with Crippen molar-refractivity contribution in [3.63, 3.8) is 0 Å². The minimum atomic E-state index is -0.114. The molecule has 1 N–H and O–H groups in total. The van der Waals surface area contributed by atoms with Crippen LogP contribution in [0.4, 0.5) is 0 Å². The summed E-state index contributed by atoms with van der Waals surface area (Å²) in [6.07, 6.45) is 5.05. The highest BCUT2D eigenvalue weighted by Gasteiger charge is 2.14. The SMILES string of the molecule is C#CCNCC(C)(C)OC. The van der Waals surface area contributed by atoms with Gasteiger partial charge in [0.1, 0.15) is 0 Å². The average molecular weight is 141 g/mol. The van der Waals surface area contributed by atoms with E-state index in [0.717, 1.165) is 6.54 Å². The summed E-state index contributed by atoms with van der Waals surface area (Å²) in [5, 5.41) is 3.07. The smallest absolute Gasteiger partial charge is 0.0746 e. The predicted octanol–water partition coefficient (Wildman–Crippen LogP) is 0.634. The molecule has 0 aromatic rings. The third kappa shape index (κ3) is 4.37. The molecule has 2 heteroatoms. The zero-order chi connectivity index (χ0) is 8.04. The molecular formula is C8H15NO. The third-order valence-corrected chi connectivity index (χ3v) is 1.33. The molecule has 0 amide bonds. The Hall–Kier alpha value is -0.520. The van der Waals surface area contributed by atoms with Crippen molar-refractivity contribution in [1.82, 2.24) is 5.32 Å². The number of hydrogen-bond donors (Lipinski definition) is 1. The molecule has 0 spiro atoms. The van der Waals surface area contributed by atoms with Crippen molar-refractivity contribution in [3.8, 4) is 12.3 Å². The van der Waals surface area contributed by atoms with Crippen molar-refractivity contribution < 1.29 is 4.74 Å². The summed E-state index contributed by atoms with van der Waals surface area (Å²) in [7, 11) is 1.69. The third-order valence-electron chi connectivity index (χ3n) is 1.33. The molecule has 0 unspecified atom stereocenters. The maximum atomic E-state index is 5.15. The Morgan fingerprint density at radius 2 is 2.20 bits per heavy atom. The minimum absolute atomic E-state index is 0.114. The Bertz CT molecular complexity index is 124. The highest BCUT2D eigenvalue weighted by Crippen LogP contribution is 2.03. The summed E-state index contributed by atoms with van der Waals surface area (Å²) >= 11 is 0. The van der Waals surface area contributed by atoms with Gasteiger partial charge in [-0.1, -0.05) is 5.92 Å². The normalized spacial score (nSPS) is 11.0. The summed E-state index contributed by atoms with van der Waals surface area (Å²) < 4.78 is 5.15. The number of methoxy groups -OCH3 is 1. The van der Waals surface area contributed by atoms with Gasteiger partial charge in [-0.05, 0) is 13.8 Å². The topological polar surface area (TPSA) is 21.3 Å². The van der Waals surface area contributed by atoms with E-state index in [1.54, 1.807) is 7.11 Å². The van der Waals surface area contributed by atoms with Crippen LogP contribution in [0.15, 0.2) is 0 Å². The van der Waals surface area contributed by atoms with Gasteiger partial charge < -0.3 is 10.1 Å². The predicted molar refractivity (Wildman–Crippen MR) is 42.8 cm³/mol. The van der Waals surface area contributed by atoms with E-state index < -0.39 is 0 Å². The largest absolute Gasteiger partial charge is 0.377 e. The summed E-state index contributed by atoms with van der Waals surface area (Å²) in [6, 6.07) is 0. The lowest BCUT2D eigenvalue weighted by Gasteiger charge is -2.22. The van der Waals surface area contributed by atoms with Gasteiger partial charge in [0, 0.05) is 13.7 Å². The summed E-state index contributed by atoms with van der Waals surface area (Å²) in [6.45, 7) is 5.41. The zero-order valence-electron chi connectivity index (χ0n) is 6.90. The van der Waals surface area contributed by atoms with Crippen LogP contribution in [0.1, 0.15) is 13.8 Å². The van der Waals surface area contributed by atoms with E-state index in [0.29, 0.717) is 6.54 Å². The maximum Gasteiger partial charge on any atom is 0.0746 e. The van der Waals surface area contributed by atoms with Gasteiger partial charge in [-0.3, -0.25) is 0 Å². The van der Waals surface area contributed by atoms with Crippen molar-refractivity contribution in [2.75, 3.05) is 20.2 Å². The van der Waals surface area contributed by atoms with E-state index in [4.69, 9.17) is 11.2 Å². The van der Waals surface area contributed by atoms with Crippen molar-refractivity contribution in [1.29, 1.82) is 0 Å². The van der Waals surface area contributed by atoms with Crippen LogP contribution < -0.4 is 5.32 Å². The molecule has 2 nitrogen and oxygen atoms in total. The molecule has 0 saturated carbocycles. The minimum Gasteiger partial charge on any atom is -0.377 e. The molecule has 0 fully saturated rings. The molecule has 58 valence electrons. The molecule has 0 aliphatic rings. The van der Waals surface area contributed by atoms with E-state index in [2.05, 4.69) is 11.2 Å². The van der Waals surface area contributed by atoms with Gasteiger partial charge in [0.05, 0.1) is 12.1 Å². The van der Waals surface area contributed by atoms with E-state index in [1.165, 1.54) is 0 Å². The quantitative estimate of drug-likeness (QED) is 0.458. The summed E-state index contributed by atoms with van der Waals surface area (Å²) in [5.41, 5.74) is -0.114. The lowest BCUT2D eigenvalue weighted by Crippen LogP contribution is -2.36. The standard InChI is InChI=1S/C8H15NO/c1-5-6-9-7-8(2,3)10-4/h1,9H,6-7H2,2-4H3. The first-order valence-electron chi connectivity index (χ1n) is 3.32. The van der Waals surface area contributed by atoms with E-state index in [9.17, 15) is 0 Å². The monoisotopic (exact) mass is 141 g/mol.